The minimum absolute atomic E-state index is 0.111. The van der Waals surface area contributed by atoms with E-state index in [1.165, 1.54) is 0 Å². The summed E-state index contributed by atoms with van der Waals surface area (Å²) in [5, 5.41) is 2.71. The largest absolute Gasteiger partial charge is 0.496 e. The molecule has 0 bridgehead atoms. The number of nitrogens with one attached hydrogen (secondary N) is 2. The van der Waals surface area contributed by atoms with Crippen molar-refractivity contribution in [2.45, 2.75) is 24.7 Å². The number of carbonyl (C=O) groups excluding carboxylic acids is 1. The highest BCUT2D eigenvalue weighted by atomic mass is 32.2. The van der Waals surface area contributed by atoms with Crippen molar-refractivity contribution in [1.82, 2.24) is 10.0 Å². The Morgan fingerprint density at radius 2 is 1.57 bits per heavy atom. The summed E-state index contributed by atoms with van der Waals surface area (Å²) in [5.41, 5.74) is 1.81. The van der Waals surface area contributed by atoms with Gasteiger partial charge in [0.2, 0.25) is 15.9 Å². The molecule has 2 aromatic rings. The van der Waals surface area contributed by atoms with E-state index < -0.39 is 10.0 Å². The number of amides is 1. The van der Waals surface area contributed by atoms with E-state index in [-0.39, 0.29) is 30.3 Å². The van der Waals surface area contributed by atoms with Crippen molar-refractivity contribution < 1.29 is 22.7 Å². The maximum atomic E-state index is 12.2. The SMILES string of the molecule is COc1cccc(OC)c1CCC(=O)NCCNS(=O)(=O)c1ccc(C)cc1. The van der Waals surface area contributed by atoms with Crippen LogP contribution in [0.2, 0.25) is 0 Å². The number of methoxy groups -OCH3 is 2. The fourth-order valence-electron chi connectivity index (χ4n) is 2.69. The minimum Gasteiger partial charge on any atom is -0.496 e. The first kappa shape index (κ1) is 21.7. The van der Waals surface area contributed by atoms with Crippen LogP contribution < -0.4 is 19.5 Å². The fourth-order valence-corrected chi connectivity index (χ4v) is 3.72. The van der Waals surface area contributed by atoms with Gasteiger partial charge in [0.05, 0.1) is 19.1 Å². The van der Waals surface area contributed by atoms with Crippen molar-refractivity contribution in [3.63, 3.8) is 0 Å². The summed E-state index contributed by atoms with van der Waals surface area (Å²) in [4.78, 5) is 12.3. The number of ether oxygens (including phenoxy) is 2. The van der Waals surface area contributed by atoms with Gasteiger partial charge >= 0.3 is 0 Å². The van der Waals surface area contributed by atoms with Crippen LogP contribution in [0.15, 0.2) is 47.4 Å². The molecule has 0 aliphatic carbocycles. The van der Waals surface area contributed by atoms with Crippen LogP contribution in [0.25, 0.3) is 0 Å². The molecule has 2 rings (SSSR count). The molecule has 0 radical (unpaired) electrons. The molecule has 0 aliphatic heterocycles. The summed E-state index contributed by atoms with van der Waals surface area (Å²) >= 11 is 0. The van der Waals surface area contributed by atoms with Crippen LogP contribution in [0, 0.1) is 6.92 Å². The van der Waals surface area contributed by atoms with Gasteiger partial charge in [-0.1, -0.05) is 23.8 Å². The lowest BCUT2D eigenvalue weighted by molar-refractivity contribution is -0.121. The molecule has 2 N–H and O–H groups in total. The third kappa shape index (κ3) is 5.97. The maximum absolute atomic E-state index is 12.2. The van der Waals surface area contributed by atoms with Gasteiger partial charge in [0.15, 0.2) is 0 Å². The van der Waals surface area contributed by atoms with E-state index in [4.69, 9.17) is 9.47 Å². The van der Waals surface area contributed by atoms with Crippen molar-refractivity contribution >= 4 is 15.9 Å². The molecule has 0 atom stereocenters. The van der Waals surface area contributed by atoms with E-state index in [1.807, 2.05) is 25.1 Å². The zero-order chi connectivity index (χ0) is 20.6. The van der Waals surface area contributed by atoms with Gasteiger partial charge in [0.1, 0.15) is 11.5 Å². The van der Waals surface area contributed by atoms with Gasteiger partial charge in [-0.05, 0) is 37.6 Å². The predicted octanol–water partition coefficient (Wildman–Crippen LogP) is 2.04. The molecular weight excluding hydrogens is 380 g/mol. The molecule has 2 aromatic carbocycles. The van der Waals surface area contributed by atoms with E-state index in [0.29, 0.717) is 17.9 Å². The van der Waals surface area contributed by atoms with Crippen molar-refractivity contribution in [3.05, 3.63) is 53.6 Å². The topological polar surface area (TPSA) is 93.7 Å². The molecule has 152 valence electrons. The van der Waals surface area contributed by atoms with Gasteiger partial charge in [0, 0.05) is 25.1 Å². The van der Waals surface area contributed by atoms with Gasteiger partial charge < -0.3 is 14.8 Å². The number of benzene rings is 2. The Labute approximate surface area is 166 Å². The number of rotatable bonds is 10. The van der Waals surface area contributed by atoms with E-state index >= 15 is 0 Å². The molecule has 0 saturated carbocycles. The van der Waals surface area contributed by atoms with Crippen LogP contribution in [-0.4, -0.2) is 41.6 Å². The molecule has 0 spiro atoms. The number of carbonyl (C=O) groups is 1. The van der Waals surface area contributed by atoms with Crippen LogP contribution in [-0.2, 0) is 21.2 Å². The molecule has 7 nitrogen and oxygen atoms in total. The highest BCUT2D eigenvalue weighted by Crippen LogP contribution is 2.29. The lowest BCUT2D eigenvalue weighted by atomic mass is 10.1. The Balaban J connectivity index is 1.80. The highest BCUT2D eigenvalue weighted by Gasteiger charge is 2.14. The molecule has 0 fully saturated rings. The normalized spacial score (nSPS) is 11.1. The first-order valence-electron chi connectivity index (χ1n) is 8.90. The summed E-state index contributed by atoms with van der Waals surface area (Å²) in [6.45, 7) is 2.20. The van der Waals surface area contributed by atoms with Crippen LogP contribution in [0.4, 0.5) is 0 Å². The van der Waals surface area contributed by atoms with Gasteiger partial charge in [0.25, 0.3) is 0 Å². The van der Waals surface area contributed by atoms with E-state index in [2.05, 4.69) is 10.0 Å². The lowest BCUT2D eigenvalue weighted by Gasteiger charge is -2.13. The zero-order valence-corrected chi connectivity index (χ0v) is 17.1. The summed E-state index contributed by atoms with van der Waals surface area (Å²) < 4.78 is 37.5. The van der Waals surface area contributed by atoms with Crippen LogP contribution in [0.1, 0.15) is 17.5 Å². The Morgan fingerprint density at radius 1 is 0.964 bits per heavy atom. The lowest BCUT2D eigenvalue weighted by Crippen LogP contribution is -2.34. The molecular formula is C20H26N2O5S. The molecule has 0 heterocycles. The third-order valence-corrected chi connectivity index (χ3v) is 5.68. The highest BCUT2D eigenvalue weighted by molar-refractivity contribution is 7.89. The number of sulfonamides is 1. The summed E-state index contributed by atoms with van der Waals surface area (Å²) in [6.07, 6.45) is 0.690. The first-order chi connectivity index (χ1) is 13.4. The fraction of sp³-hybridized carbons (Fsp3) is 0.350. The second-order valence-electron chi connectivity index (χ2n) is 6.20. The minimum atomic E-state index is -3.58. The standard InChI is InChI=1S/C20H26N2O5S/c1-15-7-9-16(10-8-15)28(24,25)22-14-13-21-20(23)12-11-17-18(26-2)5-4-6-19(17)27-3/h4-10,22H,11-14H2,1-3H3,(H,21,23). The molecule has 1 amide bonds. The Kier molecular flexibility index (Phi) is 7.83. The number of hydrogen-bond donors (Lipinski definition) is 2. The summed E-state index contributed by atoms with van der Waals surface area (Å²) in [6, 6.07) is 12.0. The van der Waals surface area contributed by atoms with E-state index in [9.17, 15) is 13.2 Å². The first-order valence-corrected chi connectivity index (χ1v) is 10.4. The van der Waals surface area contributed by atoms with Gasteiger partial charge in [-0.3, -0.25) is 4.79 Å². The molecule has 8 heteroatoms. The molecule has 0 saturated heterocycles. The van der Waals surface area contributed by atoms with E-state index in [1.54, 1.807) is 38.5 Å². The Hall–Kier alpha value is -2.58. The number of hydrogen-bond acceptors (Lipinski definition) is 5. The van der Waals surface area contributed by atoms with Crippen molar-refractivity contribution in [2.75, 3.05) is 27.3 Å². The van der Waals surface area contributed by atoms with Gasteiger partial charge in [-0.25, -0.2) is 13.1 Å². The quantitative estimate of drug-likeness (QED) is 0.589. The summed E-state index contributed by atoms with van der Waals surface area (Å²) in [5.74, 6) is 1.15. The van der Waals surface area contributed by atoms with E-state index in [0.717, 1.165) is 11.1 Å². The van der Waals surface area contributed by atoms with Crippen molar-refractivity contribution in [3.8, 4) is 11.5 Å². The molecule has 0 aliphatic rings. The molecule has 0 aromatic heterocycles. The van der Waals surface area contributed by atoms with Crippen LogP contribution in [0.3, 0.4) is 0 Å². The second kappa shape index (κ2) is 10.1. The van der Waals surface area contributed by atoms with Gasteiger partial charge in [-0.2, -0.15) is 0 Å². The molecule has 0 unspecified atom stereocenters. The third-order valence-electron chi connectivity index (χ3n) is 4.20. The van der Waals surface area contributed by atoms with Crippen LogP contribution >= 0.6 is 0 Å². The average molecular weight is 407 g/mol. The summed E-state index contributed by atoms with van der Waals surface area (Å²) in [7, 11) is -0.447. The Morgan fingerprint density at radius 3 is 2.14 bits per heavy atom. The predicted molar refractivity (Wildman–Crippen MR) is 107 cm³/mol. The zero-order valence-electron chi connectivity index (χ0n) is 16.3. The number of aryl methyl sites for hydroxylation is 1. The average Bonchev–Trinajstić information content (AvgIpc) is 2.69. The second-order valence-corrected chi connectivity index (χ2v) is 7.97. The van der Waals surface area contributed by atoms with Crippen molar-refractivity contribution in [2.24, 2.45) is 0 Å². The van der Waals surface area contributed by atoms with Crippen LogP contribution in [0.5, 0.6) is 11.5 Å². The smallest absolute Gasteiger partial charge is 0.240 e. The molecule has 28 heavy (non-hydrogen) atoms. The maximum Gasteiger partial charge on any atom is 0.240 e. The van der Waals surface area contributed by atoms with Gasteiger partial charge in [-0.15, -0.1) is 0 Å². The Bertz CT molecular complexity index is 873. The van der Waals surface area contributed by atoms with Crippen molar-refractivity contribution in [1.29, 1.82) is 0 Å². The monoisotopic (exact) mass is 406 g/mol.